The Bertz CT molecular complexity index is 1420. The smallest absolute Gasteiger partial charge is 0.191 e. The molecular weight excluding hydrogens is 591 g/mol. The number of rotatable bonds is 15. The van der Waals surface area contributed by atoms with Gasteiger partial charge in [0.25, 0.3) is 0 Å². The van der Waals surface area contributed by atoms with Crippen LogP contribution < -0.4 is 0 Å². The molecule has 0 spiro atoms. The van der Waals surface area contributed by atoms with Crippen molar-refractivity contribution in [1.29, 1.82) is 0 Å². The maximum atomic E-state index is 6.72. The fourth-order valence-corrected chi connectivity index (χ4v) is 6.01. The lowest BCUT2D eigenvalue weighted by molar-refractivity contribution is -0.309. The molecule has 0 N–H and O–H groups in total. The number of benzene rings is 4. The molecule has 0 aromatic heterocycles. The van der Waals surface area contributed by atoms with Gasteiger partial charge in [-0.3, -0.25) is 0 Å². The van der Waals surface area contributed by atoms with E-state index in [2.05, 4.69) is 0 Å². The van der Waals surface area contributed by atoms with Gasteiger partial charge in [-0.05, 0) is 35.6 Å². The normalized spacial score (nSPS) is 22.1. The fourth-order valence-electron chi connectivity index (χ4n) is 5.08. The lowest BCUT2D eigenvalue weighted by atomic mass is 9.98. The maximum absolute atomic E-state index is 6.72. The summed E-state index contributed by atoms with van der Waals surface area (Å²) in [5.41, 5.74) is 4.22. The van der Waals surface area contributed by atoms with Crippen LogP contribution in [0.4, 0.5) is 0 Å². The van der Waals surface area contributed by atoms with E-state index in [0.717, 1.165) is 22.3 Å². The summed E-state index contributed by atoms with van der Waals surface area (Å²) in [6.07, 6.45) is -5.07. The van der Waals surface area contributed by atoms with E-state index in [1.165, 1.54) is 0 Å². The Hall–Kier alpha value is -2.71. The van der Waals surface area contributed by atoms with E-state index in [0.29, 0.717) is 26.4 Å². The van der Waals surface area contributed by atoms with E-state index in [-0.39, 0.29) is 6.61 Å². The third kappa shape index (κ3) is 10.2. The minimum Gasteiger partial charge on any atom is -0.374 e. The lowest BCUT2D eigenvalue weighted by Gasteiger charge is -2.46. The van der Waals surface area contributed by atoms with E-state index in [1.54, 1.807) is 0 Å². The molecule has 0 amide bonds. The molecular formula is C36H41O6PS. The van der Waals surface area contributed by atoms with Crippen molar-refractivity contribution in [3.63, 3.8) is 0 Å². The second-order valence-electron chi connectivity index (χ2n) is 11.2. The second-order valence-corrected chi connectivity index (χ2v) is 16.5. The average Bonchev–Trinajstić information content (AvgIpc) is 3.04. The van der Waals surface area contributed by atoms with Gasteiger partial charge in [0.05, 0.1) is 39.3 Å². The molecule has 5 rings (SSSR count). The van der Waals surface area contributed by atoms with Gasteiger partial charge in [-0.25, -0.2) is 0 Å². The second kappa shape index (κ2) is 16.6. The monoisotopic (exact) mass is 632 g/mol. The Morgan fingerprint density at radius 2 is 0.932 bits per heavy atom. The van der Waals surface area contributed by atoms with Crippen LogP contribution in [-0.2, 0) is 66.4 Å². The van der Waals surface area contributed by atoms with E-state index in [9.17, 15) is 0 Å². The molecule has 8 heteroatoms. The molecule has 0 bridgehead atoms. The van der Waals surface area contributed by atoms with Crippen molar-refractivity contribution in [2.24, 2.45) is 0 Å². The van der Waals surface area contributed by atoms with Crippen LogP contribution in [-0.4, -0.2) is 50.6 Å². The van der Waals surface area contributed by atoms with Gasteiger partial charge >= 0.3 is 0 Å². The summed E-state index contributed by atoms with van der Waals surface area (Å²) in [5, 5.41) is 0. The van der Waals surface area contributed by atoms with E-state index < -0.39 is 37.0 Å². The highest BCUT2D eigenvalue weighted by Crippen LogP contribution is 2.43. The van der Waals surface area contributed by atoms with Crippen molar-refractivity contribution >= 4 is 18.1 Å². The van der Waals surface area contributed by atoms with Gasteiger partial charge in [-0.15, -0.1) is 0 Å². The van der Waals surface area contributed by atoms with Gasteiger partial charge in [0, 0.05) is 0 Å². The summed E-state index contributed by atoms with van der Waals surface area (Å²) in [5.74, 6) is 0. The first-order chi connectivity index (χ1) is 21.4. The van der Waals surface area contributed by atoms with E-state index in [4.69, 9.17) is 40.0 Å². The molecule has 1 aliphatic rings. The summed E-state index contributed by atoms with van der Waals surface area (Å²) in [7, 11) is 0. The van der Waals surface area contributed by atoms with Crippen molar-refractivity contribution in [3.05, 3.63) is 144 Å². The summed E-state index contributed by atoms with van der Waals surface area (Å²) < 4.78 is 39.3. The highest BCUT2D eigenvalue weighted by atomic mass is 32.4. The number of ether oxygens (including phenoxy) is 5. The molecule has 1 fully saturated rings. The van der Waals surface area contributed by atoms with E-state index >= 15 is 0 Å². The van der Waals surface area contributed by atoms with Gasteiger partial charge in [0.1, 0.15) is 24.4 Å². The molecule has 44 heavy (non-hydrogen) atoms. The molecule has 1 saturated heterocycles. The molecule has 6 nitrogen and oxygen atoms in total. The standard InChI is InChI=1S/C36H41O6PS/c1-43(2,44)42-36-35(40-26-31-21-13-6-14-22-31)34(39-25-30-19-11-5-12-20-30)33(38-24-29-17-9-4-10-18-29)32(41-36)27-37-23-28-15-7-3-8-16-28/h3-22,32-36H,23-27H2,1-2H3/t32-,33-,34+,35-,36-/m1/s1. The van der Waals surface area contributed by atoms with Crippen molar-refractivity contribution in [1.82, 2.24) is 0 Å². The number of hydrogen-bond donors (Lipinski definition) is 0. The zero-order valence-corrected chi connectivity index (χ0v) is 27.0. The molecule has 232 valence electrons. The third-order valence-electron chi connectivity index (χ3n) is 7.20. The minimum absolute atomic E-state index is 0.279. The number of hydrogen-bond acceptors (Lipinski definition) is 7. The highest BCUT2D eigenvalue weighted by molar-refractivity contribution is 8.11. The van der Waals surface area contributed by atoms with E-state index in [1.807, 2.05) is 135 Å². The van der Waals surface area contributed by atoms with Crippen LogP contribution in [0.3, 0.4) is 0 Å². The van der Waals surface area contributed by atoms with Crippen LogP contribution in [0.1, 0.15) is 22.3 Å². The van der Waals surface area contributed by atoms with Crippen molar-refractivity contribution in [2.45, 2.75) is 57.1 Å². The van der Waals surface area contributed by atoms with Crippen LogP contribution >= 0.6 is 6.26 Å². The summed E-state index contributed by atoms with van der Waals surface area (Å²) in [4.78, 5) is 0. The Kier molecular flexibility index (Phi) is 12.3. The molecule has 1 aliphatic heterocycles. The third-order valence-corrected chi connectivity index (χ3v) is 8.17. The zero-order valence-electron chi connectivity index (χ0n) is 25.3. The van der Waals surface area contributed by atoms with Crippen LogP contribution in [0.5, 0.6) is 0 Å². The van der Waals surface area contributed by atoms with Gasteiger partial charge in [0.15, 0.2) is 6.29 Å². The molecule has 5 atom stereocenters. The van der Waals surface area contributed by atoms with Gasteiger partial charge in [-0.2, -0.15) is 0 Å². The van der Waals surface area contributed by atoms with Crippen LogP contribution in [0.25, 0.3) is 0 Å². The quantitative estimate of drug-likeness (QED) is 0.127. The van der Waals surface area contributed by atoms with Crippen molar-refractivity contribution < 1.29 is 28.2 Å². The molecule has 0 radical (unpaired) electrons. The molecule has 0 saturated carbocycles. The van der Waals surface area contributed by atoms with Crippen molar-refractivity contribution in [2.75, 3.05) is 19.9 Å². The zero-order chi connectivity index (χ0) is 30.6. The first-order valence-electron chi connectivity index (χ1n) is 14.9. The van der Waals surface area contributed by atoms with Gasteiger partial charge in [-0.1, -0.05) is 133 Å². The predicted octanol–water partition coefficient (Wildman–Crippen LogP) is 7.36. The summed E-state index contributed by atoms with van der Waals surface area (Å²) in [6, 6.07) is 40.3. The van der Waals surface area contributed by atoms with Gasteiger partial charge in [0.2, 0.25) is 0 Å². The first kappa shape index (κ1) is 32.7. The minimum atomic E-state index is -2.16. The Balaban J connectivity index is 1.44. The fraction of sp³-hybridized carbons (Fsp3) is 0.333. The van der Waals surface area contributed by atoms with Crippen LogP contribution in [0.15, 0.2) is 121 Å². The molecule has 4 aromatic rings. The molecule has 4 aromatic carbocycles. The SMILES string of the molecule is CP(C)(=S)O[C@H]1O[C@H](COCc2ccccc2)[C@@H](OCc2ccccc2)[C@H](OCc2ccccc2)[C@H]1OCc1ccccc1. The maximum Gasteiger partial charge on any atom is 0.191 e. The van der Waals surface area contributed by atoms with Gasteiger partial charge < -0.3 is 28.2 Å². The summed E-state index contributed by atoms with van der Waals surface area (Å²) in [6.45, 7) is 5.72. The molecule has 0 unspecified atom stereocenters. The van der Waals surface area contributed by atoms with Crippen molar-refractivity contribution in [3.8, 4) is 0 Å². The highest BCUT2D eigenvalue weighted by Gasteiger charge is 2.49. The Labute approximate surface area is 266 Å². The largest absolute Gasteiger partial charge is 0.374 e. The molecule has 1 heterocycles. The molecule has 0 aliphatic carbocycles. The van der Waals surface area contributed by atoms with Crippen LogP contribution in [0, 0.1) is 0 Å². The first-order valence-corrected chi connectivity index (χ1v) is 18.5. The van der Waals surface area contributed by atoms with Crippen LogP contribution in [0.2, 0.25) is 0 Å². The Morgan fingerprint density at radius 3 is 1.36 bits per heavy atom. The topological polar surface area (TPSA) is 55.4 Å². The Morgan fingerprint density at radius 1 is 0.545 bits per heavy atom. The lowest BCUT2D eigenvalue weighted by Crippen LogP contribution is -2.61. The summed E-state index contributed by atoms with van der Waals surface area (Å²) >= 11 is 5.76. The average molecular weight is 633 g/mol. The predicted molar refractivity (Wildman–Crippen MR) is 177 cm³/mol.